The molecule has 3 aromatic rings. The van der Waals surface area contributed by atoms with Gasteiger partial charge in [0.25, 0.3) is 0 Å². The number of carbonyl (C=O) groups is 1. The Kier molecular flexibility index (Phi) is 5.49. The Bertz CT molecular complexity index is 956. The third-order valence-electron chi connectivity index (χ3n) is 4.10. The normalized spacial score (nSPS) is 11.5. The average molecular weight is 347 g/mol. The molecule has 0 saturated heterocycles. The van der Waals surface area contributed by atoms with E-state index in [2.05, 4.69) is 15.5 Å². The number of methoxy groups -OCH3 is 1. The lowest BCUT2D eigenvalue weighted by atomic mass is 10.1. The molecule has 132 valence electrons. The van der Waals surface area contributed by atoms with Crippen molar-refractivity contribution in [3.8, 4) is 5.75 Å². The number of fused-ring (bicyclic) bond motifs is 1. The van der Waals surface area contributed by atoms with Crippen LogP contribution in [0.3, 0.4) is 0 Å². The number of hydrazone groups is 1. The Hall–Kier alpha value is -3.34. The molecule has 0 aliphatic rings. The molecule has 1 aromatic heterocycles. The first kappa shape index (κ1) is 17.5. The summed E-state index contributed by atoms with van der Waals surface area (Å²) in [6.45, 7) is 1.96. The minimum atomic E-state index is -0.166. The molecule has 26 heavy (non-hydrogen) atoms. The van der Waals surface area contributed by atoms with E-state index in [1.165, 1.54) is 0 Å². The van der Waals surface area contributed by atoms with Crippen molar-refractivity contribution < 1.29 is 9.53 Å². The van der Waals surface area contributed by atoms with E-state index >= 15 is 0 Å². The number of aromatic amines is 1. The Labute approximate surface area is 152 Å². The second kappa shape index (κ2) is 8.16. The van der Waals surface area contributed by atoms with Crippen LogP contribution in [-0.4, -0.2) is 24.2 Å². The highest BCUT2D eigenvalue weighted by molar-refractivity contribution is 5.91. The summed E-state index contributed by atoms with van der Waals surface area (Å²) in [6, 6.07) is 15.7. The first-order valence-electron chi connectivity index (χ1n) is 8.36. The quantitative estimate of drug-likeness (QED) is 0.525. The van der Waals surface area contributed by atoms with Crippen molar-refractivity contribution in [3.63, 3.8) is 0 Å². The maximum atomic E-state index is 12.2. The molecule has 2 N–H and O–H groups in total. The lowest BCUT2D eigenvalue weighted by Gasteiger charge is -2.02. The second-order valence-corrected chi connectivity index (χ2v) is 5.90. The lowest BCUT2D eigenvalue weighted by Crippen LogP contribution is -2.19. The van der Waals surface area contributed by atoms with Gasteiger partial charge in [0.1, 0.15) is 5.75 Å². The number of aryl methyl sites for hydroxylation is 1. The first-order valence-corrected chi connectivity index (χ1v) is 8.36. The lowest BCUT2D eigenvalue weighted by molar-refractivity contribution is -0.120. The molecule has 0 bridgehead atoms. The fourth-order valence-corrected chi connectivity index (χ4v) is 2.79. The van der Waals surface area contributed by atoms with Gasteiger partial charge in [-0.3, -0.25) is 4.79 Å². The summed E-state index contributed by atoms with van der Waals surface area (Å²) in [7, 11) is 1.63. The highest BCUT2D eigenvalue weighted by Crippen LogP contribution is 2.26. The zero-order chi connectivity index (χ0) is 18.4. The van der Waals surface area contributed by atoms with Crippen LogP contribution < -0.4 is 10.2 Å². The summed E-state index contributed by atoms with van der Waals surface area (Å²) in [5.41, 5.74) is 6.55. The largest absolute Gasteiger partial charge is 0.497 e. The van der Waals surface area contributed by atoms with Crippen molar-refractivity contribution in [2.75, 3.05) is 7.11 Å². The summed E-state index contributed by atoms with van der Waals surface area (Å²) < 4.78 is 5.27. The van der Waals surface area contributed by atoms with Crippen LogP contribution in [0, 0.1) is 6.92 Å². The van der Waals surface area contributed by atoms with Gasteiger partial charge in [0.15, 0.2) is 0 Å². The number of benzene rings is 2. The van der Waals surface area contributed by atoms with Crippen molar-refractivity contribution in [2.24, 2.45) is 5.10 Å². The molecule has 0 saturated carbocycles. The zero-order valence-electron chi connectivity index (χ0n) is 14.8. The molecular weight excluding hydrogens is 326 g/mol. The molecule has 0 spiro atoms. The molecule has 5 nitrogen and oxygen atoms in total. The van der Waals surface area contributed by atoms with Gasteiger partial charge in [0.2, 0.25) is 5.91 Å². The maximum Gasteiger partial charge on any atom is 0.244 e. The van der Waals surface area contributed by atoms with Crippen LogP contribution in [0.15, 0.2) is 59.7 Å². The number of allylic oxidation sites excluding steroid dienone is 1. The van der Waals surface area contributed by atoms with Gasteiger partial charge in [-0.05, 0) is 42.3 Å². The van der Waals surface area contributed by atoms with Crippen LogP contribution in [0.4, 0.5) is 0 Å². The minimum Gasteiger partial charge on any atom is -0.497 e. The number of rotatable bonds is 6. The van der Waals surface area contributed by atoms with E-state index in [9.17, 15) is 4.79 Å². The Morgan fingerprint density at radius 3 is 2.81 bits per heavy atom. The topological polar surface area (TPSA) is 66.5 Å². The molecule has 0 atom stereocenters. The van der Waals surface area contributed by atoms with Crippen LogP contribution in [0.1, 0.15) is 16.8 Å². The fraction of sp³-hybridized carbons (Fsp3) is 0.143. The highest BCUT2D eigenvalue weighted by Gasteiger charge is 2.12. The number of nitrogens with zero attached hydrogens (tertiary/aromatic N) is 1. The number of hydrogen-bond acceptors (Lipinski definition) is 3. The van der Waals surface area contributed by atoms with Crippen molar-refractivity contribution in [3.05, 3.63) is 71.4 Å². The first-order chi connectivity index (χ1) is 12.7. The minimum absolute atomic E-state index is 0.166. The number of H-pyrrole nitrogens is 1. The molecular formula is C21H21N3O2. The summed E-state index contributed by atoms with van der Waals surface area (Å²) in [6.07, 6.45) is 5.53. The molecule has 3 rings (SSSR count). The molecule has 0 fully saturated rings. The number of amides is 1. The molecule has 0 radical (unpaired) electrons. The molecule has 5 heteroatoms. The van der Waals surface area contributed by atoms with Crippen LogP contribution in [0.25, 0.3) is 17.0 Å². The summed E-state index contributed by atoms with van der Waals surface area (Å²) in [4.78, 5) is 15.5. The SMILES string of the molecule is COc1ccc2[nH]c(C)c(CC(=O)N/N=C/C=C/c3ccccc3)c2c1. The van der Waals surface area contributed by atoms with Crippen molar-refractivity contribution in [1.29, 1.82) is 0 Å². The molecule has 0 unspecified atom stereocenters. The van der Waals surface area contributed by atoms with Gasteiger partial charge in [-0.15, -0.1) is 0 Å². The fourth-order valence-electron chi connectivity index (χ4n) is 2.79. The van der Waals surface area contributed by atoms with E-state index in [1.807, 2.05) is 61.5 Å². The second-order valence-electron chi connectivity index (χ2n) is 5.90. The predicted octanol–water partition coefficient (Wildman–Crippen LogP) is 3.84. The standard InChI is InChI=1S/C21H21N3O2/c1-15-18(19-13-17(26-2)10-11-20(19)23-15)14-21(25)24-22-12-6-9-16-7-4-3-5-8-16/h3-13,23H,14H2,1-2H3,(H,24,25)/b9-6+,22-12+. The number of nitrogens with one attached hydrogen (secondary N) is 2. The van der Waals surface area contributed by atoms with Crippen molar-refractivity contribution in [1.82, 2.24) is 10.4 Å². The highest BCUT2D eigenvalue weighted by atomic mass is 16.5. The summed E-state index contributed by atoms with van der Waals surface area (Å²) in [5, 5.41) is 4.95. The molecule has 0 aliphatic carbocycles. The Balaban J connectivity index is 1.63. The molecule has 2 aromatic carbocycles. The van der Waals surface area contributed by atoms with E-state index in [4.69, 9.17) is 4.74 Å². The summed E-state index contributed by atoms with van der Waals surface area (Å²) >= 11 is 0. The van der Waals surface area contributed by atoms with Gasteiger partial charge in [0.05, 0.1) is 13.5 Å². The zero-order valence-corrected chi connectivity index (χ0v) is 14.8. The van der Waals surface area contributed by atoms with Gasteiger partial charge in [0, 0.05) is 22.8 Å². The van der Waals surface area contributed by atoms with Crippen LogP contribution in [0.2, 0.25) is 0 Å². The third-order valence-corrected chi connectivity index (χ3v) is 4.10. The number of hydrogen-bond donors (Lipinski definition) is 2. The van der Waals surface area contributed by atoms with Crippen LogP contribution in [-0.2, 0) is 11.2 Å². The van der Waals surface area contributed by atoms with Gasteiger partial charge in [-0.25, -0.2) is 5.43 Å². The average Bonchev–Trinajstić information content (AvgIpc) is 2.97. The van der Waals surface area contributed by atoms with E-state index < -0.39 is 0 Å². The Morgan fingerprint density at radius 1 is 1.23 bits per heavy atom. The Morgan fingerprint density at radius 2 is 2.04 bits per heavy atom. The van der Waals surface area contributed by atoms with E-state index in [1.54, 1.807) is 19.4 Å². The van der Waals surface area contributed by atoms with Crippen LogP contribution in [0.5, 0.6) is 5.75 Å². The van der Waals surface area contributed by atoms with E-state index in [-0.39, 0.29) is 12.3 Å². The third kappa shape index (κ3) is 4.19. The molecule has 1 heterocycles. The van der Waals surface area contributed by atoms with Crippen molar-refractivity contribution in [2.45, 2.75) is 13.3 Å². The maximum absolute atomic E-state index is 12.2. The van der Waals surface area contributed by atoms with E-state index in [0.29, 0.717) is 0 Å². The van der Waals surface area contributed by atoms with Crippen LogP contribution >= 0.6 is 0 Å². The summed E-state index contributed by atoms with van der Waals surface area (Å²) in [5.74, 6) is 0.600. The number of aromatic nitrogens is 1. The molecule has 0 aliphatic heterocycles. The van der Waals surface area contributed by atoms with Gasteiger partial charge in [-0.2, -0.15) is 5.10 Å². The van der Waals surface area contributed by atoms with Gasteiger partial charge >= 0.3 is 0 Å². The molecule has 1 amide bonds. The smallest absolute Gasteiger partial charge is 0.244 e. The number of carbonyl (C=O) groups excluding carboxylic acids is 1. The number of ether oxygens (including phenoxy) is 1. The van der Waals surface area contributed by atoms with Gasteiger partial charge < -0.3 is 9.72 Å². The van der Waals surface area contributed by atoms with Crippen molar-refractivity contribution >= 4 is 29.1 Å². The van der Waals surface area contributed by atoms with Gasteiger partial charge in [-0.1, -0.05) is 36.4 Å². The predicted molar refractivity (Wildman–Crippen MR) is 105 cm³/mol. The van der Waals surface area contributed by atoms with E-state index in [0.717, 1.165) is 33.5 Å². The monoisotopic (exact) mass is 347 g/mol.